The lowest BCUT2D eigenvalue weighted by molar-refractivity contribution is -0.141. The van der Waals surface area contributed by atoms with Gasteiger partial charge in [0.05, 0.1) is 29.7 Å². The lowest BCUT2D eigenvalue weighted by Crippen LogP contribution is -2.40. The first-order chi connectivity index (χ1) is 14.5. The van der Waals surface area contributed by atoms with Crippen molar-refractivity contribution in [1.29, 1.82) is 0 Å². The summed E-state index contributed by atoms with van der Waals surface area (Å²) in [4.78, 5) is 32.2. The number of allylic oxidation sites excluding steroid dienone is 1. The number of thioether (sulfide) groups is 1. The van der Waals surface area contributed by atoms with Gasteiger partial charge in [0.2, 0.25) is 5.91 Å². The van der Waals surface area contributed by atoms with Gasteiger partial charge in [0.15, 0.2) is 5.17 Å². The molecule has 2 aliphatic heterocycles. The molecular weight excluding hydrogens is 400 g/mol. The van der Waals surface area contributed by atoms with Gasteiger partial charge in [-0.15, -0.1) is 0 Å². The number of carbonyl (C=O) groups is 2. The Labute approximate surface area is 179 Å². The summed E-state index contributed by atoms with van der Waals surface area (Å²) >= 11 is 1.41. The lowest BCUT2D eigenvalue weighted by atomic mass is 9.94. The van der Waals surface area contributed by atoms with Gasteiger partial charge in [-0.3, -0.25) is 9.69 Å². The van der Waals surface area contributed by atoms with Gasteiger partial charge in [-0.05, 0) is 37.1 Å². The second kappa shape index (κ2) is 8.36. The first-order valence-corrected chi connectivity index (χ1v) is 10.5. The van der Waals surface area contributed by atoms with E-state index in [9.17, 15) is 9.59 Å². The van der Waals surface area contributed by atoms with Crippen LogP contribution in [0.15, 0.2) is 70.9 Å². The molecule has 0 spiro atoms. The SMILES string of the molecule is COc1ccc([C@H]2C(C(=O)OCc3ccccc3)=C(C)N=C3S[C@H](C)C(=O)N32)cc1. The van der Waals surface area contributed by atoms with Gasteiger partial charge >= 0.3 is 5.97 Å². The minimum Gasteiger partial charge on any atom is -0.497 e. The van der Waals surface area contributed by atoms with Crippen LogP contribution in [0.3, 0.4) is 0 Å². The van der Waals surface area contributed by atoms with Gasteiger partial charge in [0, 0.05) is 0 Å². The molecule has 2 atom stereocenters. The molecule has 6 nitrogen and oxygen atoms in total. The van der Waals surface area contributed by atoms with Crippen LogP contribution >= 0.6 is 11.8 Å². The van der Waals surface area contributed by atoms with Crippen molar-refractivity contribution in [3.8, 4) is 5.75 Å². The third-order valence-electron chi connectivity index (χ3n) is 5.12. The van der Waals surface area contributed by atoms with Crippen LogP contribution in [-0.4, -0.2) is 34.3 Å². The number of aliphatic imine (C=N–C) groups is 1. The number of benzene rings is 2. The highest BCUT2D eigenvalue weighted by atomic mass is 32.2. The van der Waals surface area contributed by atoms with Crippen LogP contribution in [0.25, 0.3) is 0 Å². The summed E-state index contributed by atoms with van der Waals surface area (Å²) in [6.07, 6.45) is 0. The fraction of sp³-hybridized carbons (Fsp3) is 0.261. The number of esters is 1. The maximum absolute atomic E-state index is 13.1. The summed E-state index contributed by atoms with van der Waals surface area (Å²) in [7, 11) is 1.60. The number of hydrogen-bond acceptors (Lipinski definition) is 6. The number of hydrogen-bond donors (Lipinski definition) is 0. The quantitative estimate of drug-likeness (QED) is 0.679. The molecule has 0 aliphatic carbocycles. The molecule has 1 fully saturated rings. The zero-order chi connectivity index (χ0) is 21.3. The van der Waals surface area contributed by atoms with E-state index in [1.165, 1.54) is 11.8 Å². The summed E-state index contributed by atoms with van der Waals surface area (Å²) in [5.41, 5.74) is 2.64. The fourth-order valence-corrected chi connectivity index (χ4v) is 4.60. The zero-order valence-corrected chi connectivity index (χ0v) is 17.8. The molecule has 0 aromatic heterocycles. The predicted molar refractivity (Wildman–Crippen MR) is 116 cm³/mol. The minimum atomic E-state index is -0.586. The second-order valence-corrected chi connectivity index (χ2v) is 8.41. The van der Waals surface area contributed by atoms with Gasteiger partial charge in [0.25, 0.3) is 0 Å². The van der Waals surface area contributed by atoms with E-state index in [0.717, 1.165) is 11.1 Å². The monoisotopic (exact) mass is 422 g/mol. The van der Waals surface area contributed by atoms with E-state index < -0.39 is 12.0 Å². The lowest BCUT2D eigenvalue weighted by Gasteiger charge is -2.33. The summed E-state index contributed by atoms with van der Waals surface area (Å²) < 4.78 is 10.9. The predicted octanol–water partition coefficient (Wildman–Crippen LogP) is 4.09. The van der Waals surface area contributed by atoms with Crippen molar-refractivity contribution in [2.24, 2.45) is 4.99 Å². The minimum absolute atomic E-state index is 0.0690. The standard InChI is InChI=1S/C23H22N2O4S/c1-14-19(22(27)29-13-16-7-5-4-6-8-16)20(17-9-11-18(28-3)12-10-17)25-21(26)15(2)30-23(25)24-14/h4-12,15,20H,13H2,1-3H3/t15-,20+/m1/s1. The smallest absolute Gasteiger partial charge is 0.338 e. The molecule has 2 aromatic carbocycles. The molecule has 0 radical (unpaired) electrons. The van der Waals surface area contributed by atoms with Crippen LogP contribution in [0.2, 0.25) is 0 Å². The molecular formula is C23H22N2O4S. The molecule has 154 valence electrons. The van der Waals surface area contributed by atoms with E-state index in [4.69, 9.17) is 9.47 Å². The first-order valence-electron chi connectivity index (χ1n) is 9.63. The number of nitrogens with zero attached hydrogens (tertiary/aromatic N) is 2. The van der Waals surface area contributed by atoms with E-state index >= 15 is 0 Å². The molecule has 2 heterocycles. The van der Waals surface area contributed by atoms with Crippen molar-refractivity contribution in [1.82, 2.24) is 4.90 Å². The van der Waals surface area contributed by atoms with Crippen molar-refractivity contribution in [2.45, 2.75) is 31.7 Å². The molecule has 1 saturated heterocycles. The topological polar surface area (TPSA) is 68.2 Å². The Morgan fingerprint density at radius 1 is 1.13 bits per heavy atom. The fourth-order valence-electron chi connectivity index (χ4n) is 3.57. The van der Waals surface area contributed by atoms with Crippen LogP contribution in [0.5, 0.6) is 5.75 Å². The average Bonchev–Trinajstić information content (AvgIpc) is 3.05. The van der Waals surface area contributed by atoms with Crippen molar-refractivity contribution >= 4 is 28.8 Å². The number of amidine groups is 1. The molecule has 0 N–H and O–H groups in total. The van der Waals surface area contributed by atoms with Crippen LogP contribution in [0, 0.1) is 0 Å². The summed E-state index contributed by atoms with van der Waals surface area (Å²) in [5, 5.41) is 0.363. The third kappa shape index (κ3) is 3.73. The van der Waals surface area contributed by atoms with E-state index in [-0.39, 0.29) is 17.8 Å². The average molecular weight is 423 g/mol. The number of amides is 1. The Balaban J connectivity index is 1.70. The molecule has 30 heavy (non-hydrogen) atoms. The molecule has 0 saturated carbocycles. The maximum atomic E-state index is 13.1. The summed E-state index contributed by atoms with van der Waals surface area (Å²) in [6.45, 7) is 3.79. The van der Waals surface area contributed by atoms with E-state index in [1.807, 2.05) is 61.5 Å². The van der Waals surface area contributed by atoms with Crippen molar-refractivity contribution in [3.63, 3.8) is 0 Å². The molecule has 2 aliphatic rings. The Bertz CT molecular complexity index is 1030. The number of methoxy groups -OCH3 is 1. The maximum Gasteiger partial charge on any atom is 0.338 e. The van der Waals surface area contributed by atoms with Gasteiger partial charge in [-0.2, -0.15) is 0 Å². The molecule has 1 amide bonds. The van der Waals surface area contributed by atoms with E-state index in [1.54, 1.807) is 18.9 Å². The van der Waals surface area contributed by atoms with Crippen LogP contribution < -0.4 is 4.74 Å². The molecule has 2 aromatic rings. The first kappa shape index (κ1) is 20.2. The molecule has 0 bridgehead atoms. The number of fused-ring (bicyclic) bond motifs is 1. The highest BCUT2D eigenvalue weighted by molar-refractivity contribution is 8.15. The van der Waals surface area contributed by atoms with Crippen LogP contribution in [-0.2, 0) is 20.9 Å². The Kier molecular flexibility index (Phi) is 5.63. The number of carbonyl (C=O) groups excluding carboxylic acids is 2. The normalized spacial score (nSPS) is 20.7. The highest BCUT2D eigenvalue weighted by Crippen LogP contribution is 2.43. The third-order valence-corrected chi connectivity index (χ3v) is 6.18. The Morgan fingerprint density at radius 2 is 1.83 bits per heavy atom. The van der Waals surface area contributed by atoms with E-state index in [2.05, 4.69) is 4.99 Å². The van der Waals surface area contributed by atoms with Crippen molar-refractivity contribution in [3.05, 3.63) is 77.0 Å². The van der Waals surface area contributed by atoms with Crippen LogP contribution in [0.1, 0.15) is 31.0 Å². The van der Waals surface area contributed by atoms with Crippen molar-refractivity contribution in [2.75, 3.05) is 7.11 Å². The number of rotatable bonds is 5. The van der Waals surface area contributed by atoms with Crippen molar-refractivity contribution < 1.29 is 19.1 Å². The van der Waals surface area contributed by atoms with Crippen LogP contribution in [0.4, 0.5) is 0 Å². The molecule has 4 rings (SSSR count). The summed E-state index contributed by atoms with van der Waals surface area (Å²) in [5.74, 6) is 0.158. The second-order valence-electron chi connectivity index (χ2n) is 7.10. The zero-order valence-electron chi connectivity index (χ0n) is 17.0. The largest absolute Gasteiger partial charge is 0.497 e. The molecule has 0 unspecified atom stereocenters. The van der Waals surface area contributed by atoms with Gasteiger partial charge in [-0.1, -0.05) is 54.2 Å². The van der Waals surface area contributed by atoms with E-state index in [0.29, 0.717) is 22.2 Å². The van der Waals surface area contributed by atoms with Gasteiger partial charge in [-0.25, -0.2) is 9.79 Å². The highest BCUT2D eigenvalue weighted by Gasteiger charge is 2.46. The Hall–Kier alpha value is -3.06. The summed E-state index contributed by atoms with van der Waals surface area (Å²) in [6, 6.07) is 16.3. The van der Waals surface area contributed by atoms with Gasteiger partial charge < -0.3 is 9.47 Å². The Morgan fingerprint density at radius 3 is 2.50 bits per heavy atom. The van der Waals surface area contributed by atoms with Gasteiger partial charge in [0.1, 0.15) is 12.4 Å². The molecule has 7 heteroatoms. The number of ether oxygens (including phenoxy) is 2.